The molecule has 0 unspecified atom stereocenters. The normalized spacial score (nSPS) is 25.9. The van der Waals surface area contributed by atoms with Crippen LogP contribution < -0.4 is 4.90 Å². The zero-order valence-electron chi connectivity index (χ0n) is 19.2. The summed E-state index contributed by atoms with van der Waals surface area (Å²) in [6, 6.07) is 12.6. The molecule has 5 rings (SSSR count). The van der Waals surface area contributed by atoms with Gasteiger partial charge >= 0.3 is 11.9 Å². The van der Waals surface area contributed by atoms with Crippen molar-refractivity contribution < 1.29 is 38.3 Å². The molecule has 0 aromatic heterocycles. The second-order valence-electron chi connectivity index (χ2n) is 8.71. The van der Waals surface area contributed by atoms with Gasteiger partial charge in [0.25, 0.3) is 12.0 Å². The van der Waals surface area contributed by atoms with E-state index in [1.165, 1.54) is 18.2 Å². The Morgan fingerprint density at radius 3 is 2.06 bits per heavy atom. The Bertz CT molecular complexity index is 1300. The van der Waals surface area contributed by atoms with E-state index >= 15 is 0 Å². The minimum atomic E-state index is -1.62. The molecular formula is C25H20N2O9. The largest absolute Gasteiger partial charge is 0.422 e. The Morgan fingerprint density at radius 1 is 0.972 bits per heavy atom. The Kier molecular flexibility index (Phi) is 5.44. The van der Waals surface area contributed by atoms with Gasteiger partial charge in [-0.15, -0.1) is 0 Å². The molecule has 0 saturated carbocycles. The summed E-state index contributed by atoms with van der Waals surface area (Å²) in [5.74, 6) is -4.45. The third kappa shape index (κ3) is 3.55. The van der Waals surface area contributed by atoms with Crippen LogP contribution in [0, 0.1) is 22.0 Å². The van der Waals surface area contributed by atoms with Gasteiger partial charge in [-0.1, -0.05) is 18.2 Å². The van der Waals surface area contributed by atoms with Crippen LogP contribution in [0.2, 0.25) is 0 Å². The van der Waals surface area contributed by atoms with Gasteiger partial charge in [-0.3, -0.25) is 29.3 Å². The Hall–Kier alpha value is -4.38. The van der Waals surface area contributed by atoms with Gasteiger partial charge in [0.1, 0.15) is 0 Å². The van der Waals surface area contributed by atoms with Crippen LogP contribution in [-0.2, 0) is 33.4 Å². The monoisotopic (exact) mass is 492 g/mol. The number of nitro benzene ring substituents is 1. The van der Waals surface area contributed by atoms with Crippen molar-refractivity contribution in [1.82, 2.24) is 0 Å². The van der Waals surface area contributed by atoms with E-state index in [4.69, 9.17) is 14.2 Å². The number of hydrogen-bond acceptors (Lipinski definition) is 9. The number of carbonyl (C=O) groups is 4. The molecule has 3 aliphatic heterocycles. The van der Waals surface area contributed by atoms with Gasteiger partial charge in [0.15, 0.2) is 5.60 Å². The van der Waals surface area contributed by atoms with Crippen LogP contribution in [0.25, 0.3) is 11.1 Å². The number of nitrogens with zero attached hydrogens (tertiary/aromatic N) is 2. The van der Waals surface area contributed by atoms with Crippen molar-refractivity contribution >= 4 is 35.1 Å². The first kappa shape index (κ1) is 23.4. The molecule has 0 spiro atoms. The van der Waals surface area contributed by atoms with Crippen LogP contribution in [0.4, 0.5) is 11.4 Å². The third-order valence-electron chi connectivity index (χ3n) is 6.53. The number of hydrogen-bond donors (Lipinski definition) is 0. The van der Waals surface area contributed by atoms with Gasteiger partial charge in [-0.2, -0.15) is 0 Å². The number of esters is 2. The van der Waals surface area contributed by atoms with E-state index in [0.717, 1.165) is 29.9 Å². The van der Waals surface area contributed by atoms with Gasteiger partial charge in [0, 0.05) is 26.0 Å². The Labute approximate surface area is 204 Å². The molecule has 2 amide bonds. The molecule has 2 fully saturated rings. The maximum atomic E-state index is 13.6. The highest BCUT2D eigenvalue weighted by atomic mass is 16.7. The summed E-state index contributed by atoms with van der Waals surface area (Å²) in [4.78, 5) is 61.8. The molecule has 0 radical (unpaired) electrons. The molecule has 0 aliphatic carbocycles. The van der Waals surface area contributed by atoms with Gasteiger partial charge in [0.2, 0.25) is 11.8 Å². The molecule has 36 heavy (non-hydrogen) atoms. The summed E-state index contributed by atoms with van der Waals surface area (Å²) in [5, 5.41) is 10.9. The zero-order valence-corrected chi connectivity index (χ0v) is 19.2. The Morgan fingerprint density at radius 2 is 1.53 bits per heavy atom. The lowest BCUT2D eigenvalue weighted by Crippen LogP contribution is -2.52. The minimum absolute atomic E-state index is 0.0321. The van der Waals surface area contributed by atoms with E-state index in [9.17, 15) is 29.3 Å². The number of non-ortho nitro benzene ring substituents is 1. The third-order valence-corrected chi connectivity index (χ3v) is 6.53. The predicted molar refractivity (Wildman–Crippen MR) is 122 cm³/mol. The van der Waals surface area contributed by atoms with E-state index in [1.54, 1.807) is 42.5 Å². The minimum Gasteiger partial charge on any atom is -0.422 e. The second-order valence-corrected chi connectivity index (χ2v) is 8.71. The molecule has 3 heterocycles. The fraction of sp³-hybridized carbons (Fsp3) is 0.280. The lowest BCUT2D eigenvalue weighted by Gasteiger charge is -2.34. The van der Waals surface area contributed by atoms with Crippen LogP contribution in [0.15, 0.2) is 60.7 Å². The Balaban J connectivity index is 1.44. The van der Waals surface area contributed by atoms with E-state index in [-0.39, 0.29) is 5.69 Å². The number of amides is 2. The lowest BCUT2D eigenvalue weighted by atomic mass is 9.76. The first-order valence-electron chi connectivity index (χ1n) is 11.1. The molecule has 11 heteroatoms. The first-order valence-corrected chi connectivity index (χ1v) is 11.1. The van der Waals surface area contributed by atoms with Crippen molar-refractivity contribution in [2.45, 2.75) is 31.8 Å². The van der Waals surface area contributed by atoms with Crippen molar-refractivity contribution in [3.63, 3.8) is 0 Å². The highest BCUT2D eigenvalue weighted by Gasteiger charge is 2.72. The van der Waals surface area contributed by atoms with Crippen molar-refractivity contribution in [1.29, 1.82) is 0 Å². The van der Waals surface area contributed by atoms with Gasteiger partial charge in [-0.25, -0.2) is 4.90 Å². The van der Waals surface area contributed by atoms with Crippen LogP contribution in [-0.4, -0.2) is 46.7 Å². The molecule has 4 atom stereocenters. The first-order chi connectivity index (χ1) is 17.1. The van der Waals surface area contributed by atoms with Crippen molar-refractivity contribution in [2.75, 3.05) is 4.90 Å². The average Bonchev–Trinajstić information content (AvgIpc) is 3.49. The van der Waals surface area contributed by atoms with Crippen LogP contribution in [0.5, 0.6) is 0 Å². The molecule has 184 valence electrons. The van der Waals surface area contributed by atoms with Gasteiger partial charge in [-0.05, 0) is 41.5 Å². The SMILES string of the molecule is CC(=O)OC(OC(C)=O)[C@@]12C=C[C@@H](O1)[C@H]1C(=O)N(c3ccc(-c4ccc([N+](=O)[O-])cc4)cc3)C(=O)[C@@H]12. The van der Waals surface area contributed by atoms with Crippen molar-refractivity contribution in [3.8, 4) is 11.1 Å². The fourth-order valence-electron chi connectivity index (χ4n) is 5.05. The molecular weight excluding hydrogens is 472 g/mol. The van der Waals surface area contributed by atoms with Crippen molar-refractivity contribution in [2.24, 2.45) is 11.8 Å². The van der Waals surface area contributed by atoms with Gasteiger partial charge in [0.05, 0.1) is 28.6 Å². The van der Waals surface area contributed by atoms with Crippen LogP contribution in [0.3, 0.4) is 0 Å². The molecule has 0 N–H and O–H groups in total. The van der Waals surface area contributed by atoms with E-state index in [0.29, 0.717) is 5.69 Å². The average molecular weight is 492 g/mol. The van der Waals surface area contributed by atoms with Crippen LogP contribution >= 0.6 is 0 Å². The number of ether oxygens (including phenoxy) is 3. The second kappa shape index (κ2) is 8.38. The smallest absolute Gasteiger partial charge is 0.305 e. The number of carbonyl (C=O) groups excluding carboxylic acids is 4. The topological polar surface area (TPSA) is 142 Å². The highest BCUT2D eigenvalue weighted by Crippen LogP contribution is 2.54. The van der Waals surface area contributed by atoms with E-state index in [2.05, 4.69) is 0 Å². The van der Waals surface area contributed by atoms with Crippen LogP contribution in [0.1, 0.15) is 13.8 Å². The van der Waals surface area contributed by atoms with E-state index < -0.39 is 58.5 Å². The number of nitro groups is 1. The summed E-state index contributed by atoms with van der Waals surface area (Å²) in [6.45, 7) is 2.27. The summed E-state index contributed by atoms with van der Waals surface area (Å²) in [6.07, 6.45) is 0.837. The van der Waals surface area contributed by atoms with Crippen molar-refractivity contribution in [3.05, 3.63) is 70.8 Å². The standard InChI is InChI=1S/C25H20N2O9/c1-13(28)34-24(35-14(2)29)25-12-11-19(36-25)20-21(25)23(31)26(22(20)30)17-7-3-15(4-8-17)16-5-9-18(10-6-16)27(32)33/h3-12,19-21,24H,1-2H3/t19-,20-,21-,25+/m1/s1. The molecule has 2 bridgehead atoms. The quantitative estimate of drug-likeness (QED) is 0.148. The van der Waals surface area contributed by atoms with E-state index in [1.807, 2.05) is 0 Å². The number of fused-ring (bicyclic) bond motifs is 5. The maximum absolute atomic E-state index is 13.6. The maximum Gasteiger partial charge on any atom is 0.305 e. The zero-order chi connectivity index (χ0) is 25.8. The lowest BCUT2D eigenvalue weighted by molar-refractivity contribution is -0.384. The molecule has 2 aromatic carbocycles. The van der Waals surface area contributed by atoms with Gasteiger partial charge < -0.3 is 14.2 Å². The fourth-order valence-corrected chi connectivity index (χ4v) is 5.05. The number of anilines is 1. The summed E-state index contributed by atoms with van der Waals surface area (Å²) in [5.41, 5.74) is 0.140. The highest BCUT2D eigenvalue weighted by molar-refractivity contribution is 6.23. The molecule has 2 aromatic rings. The number of rotatable bonds is 6. The molecule has 2 saturated heterocycles. The predicted octanol–water partition coefficient (Wildman–Crippen LogP) is 2.53. The summed E-state index contributed by atoms with van der Waals surface area (Å²) in [7, 11) is 0. The number of benzene rings is 2. The molecule has 3 aliphatic rings. The summed E-state index contributed by atoms with van der Waals surface area (Å²) < 4.78 is 16.3. The molecule has 11 nitrogen and oxygen atoms in total. The summed E-state index contributed by atoms with van der Waals surface area (Å²) >= 11 is 0. The number of imide groups is 1.